The molecule has 4 bridgehead atoms. The van der Waals surface area contributed by atoms with Crippen LogP contribution in [0.5, 0.6) is 23.0 Å². The Morgan fingerprint density at radius 1 is 0.504 bits per heavy atom. The molecule has 6 saturated carbocycles. The lowest BCUT2D eigenvalue weighted by Crippen LogP contribution is -2.51. The normalized spacial score (nSPS) is 19.2. The minimum absolute atomic E-state index is 0.0526. The fourth-order valence-corrected chi connectivity index (χ4v) is 25.3. The second-order valence-electron chi connectivity index (χ2n) is 39.4. The Morgan fingerprint density at radius 2 is 0.889 bits per heavy atom. The number of phenols is 2. The van der Waals surface area contributed by atoms with Crippen LogP contribution in [0.3, 0.4) is 0 Å². The average Bonchev–Trinajstić information content (AvgIpc) is 0.753. The number of halogens is 5. The Labute approximate surface area is 809 Å². The van der Waals surface area contributed by atoms with Gasteiger partial charge in [0.25, 0.3) is 10.0 Å². The molecule has 0 radical (unpaired) electrons. The van der Waals surface area contributed by atoms with Gasteiger partial charge in [-0.2, -0.15) is 13.1 Å². The number of alkyl halides is 2. The van der Waals surface area contributed by atoms with Crippen molar-refractivity contribution in [3.63, 3.8) is 0 Å². The van der Waals surface area contributed by atoms with Crippen molar-refractivity contribution in [2.24, 2.45) is 57.2 Å². The van der Waals surface area contributed by atoms with Gasteiger partial charge in [-0.1, -0.05) is 169 Å². The maximum absolute atomic E-state index is 13.4. The Hall–Kier alpha value is -8.01. The summed E-state index contributed by atoms with van der Waals surface area (Å²) in [6.07, 6.45) is 28.0. The third-order valence-electron chi connectivity index (χ3n) is 28.4. The second kappa shape index (κ2) is 52.8. The number of carbonyl (C=O) groups is 2. The Kier molecular flexibility index (Phi) is 44.0. The first-order chi connectivity index (χ1) is 64.0. The van der Waals surface area contributed by atoms with E-state index in [4.69, 9.17) is 38.6 Å². The van der Waals surface area contributed by atoms with Crippen molar-refractivity contribution in [2.45, 2.75) is 316 Å². The van der Waals surface area contributed by atoms with Crippen LogP contribution < -0.4 is 9.47 Å². The first-order valence-electron chi connectivity index (χ1n) is 48.5. The van der Waals surface area contributed by atoms with E-state index in [-0.39, 0.29) is 77.3 Å². The van der Waals surface area contributed by atoms with Crippen molar-refractivity contribution in [3.8, 4) is 23.0 Å². The number of benzene rings is 8. The number of methoxy groups -OCH3 is 3. The molecule has 15 rings (SSSR count). The fraction of sp³-hybridized carbons (Fsp3) is 0.545. The van der Waals surface area contributed by atoms with Crippen molar-refractivity contribution < 1.29 is 91.6 Å². The van der Waals surface area contributed by atoms with Crippen molar-refractivity contribution in [3.05, 3.63) is 228 Å². The molecule has 135 heavy (non-hydrogen) atoms. The van der Waals surface area contributed by atoms with Gasteiger partial charge < -0.3 is 43.2 Å². The van der Waals surface area contributed by atoms with E-state index >= 15 is 0 Å². The quantitative estimate of drug-likeness (QED) is 0.0135. The summed E-state index contributed by atoms with van der Waals surface area (Å²) in [4.78, 5) is 31.3. The lowest BCUT2D eigenvalue weighted by Gasteiger charge is -2.57. The molecule has 0 amide bonds. The molecule has 8 aromatic rings. The van der Waals surface area contributed by atoms with Crippen LogP contribution in [0.15, 0.2) is 223 Å². The monoisotopic (exact) mass is 1950 g/mol. The Balaban J connectivity index is 0.000000197. The van der Waals surface area contributed by atoms with E-state index in [0.29, 0.717) is 51.8 Å². The van der Waals surface area contributed by atoms with Gasteiger partial charge in [-0.05, 0) is 333 Å². The first kappa shape index (κ1) is 112. The minimum atomic E-state index is -6.27. The molecule has 16 nitrogen and oxygen atoms in total. The number of nitrogens with zero attached hydrogens (tertiary/aromatic N) is 1. The standard InChI is InChI=1S/C21H38O3.C21H21O2S.C19H32O3.C18H12F3S.C11H21F2NO5S2.2C10H14O/c1-4-21(2,3)20(22)24-19(18-13-9-6-10-14-18)23-16-15-17-11-7-5-8-12-17;1-16-7-4-10-19(13-16)24(20-11-5-8-17(14-20)22-2)21-12-6-9-18(15-21)23-3;1-5-18(2,3)17(20)22-16(21-4)12-19-9-13-6-14(10-19)8-15(7-13)11-19;19-13-1-7-16(8-2-13)22(17-9-3-14(20)4-10-17)18-11-5-15(21)6-12-18;1-4-10(2,3)9-5-7-14(8-6-9)20(15,16)11(12,13)21(17,18)19;2*1-3-8(2)9-4-6-10(11)7-5-9/h17-19H,4-16H2,1-3H3;4-15H,1-3H3;13-16H,5-12H2,1-4H3;1-12H;9H,4-8H2,1-3H3,(H,17,18,19);2*4-8,11H,3H2,1-2H3/q;+1;;+1;;;/p-1. The highest BCUT2D eigenvalue weighted by atomic mass is 32.3. The van der Waals surface area contributed by atoms with Gasteiger partial charge in [-0.3, -0.25) is 9.59 Å². The van der Waals surface area contributed by atoms with E-state index in [1.807, 2.05) is 111 Å². The summed E-state index contributed by atoms with van der Waals surface area (Å²) in [7, 11) is -7.43. The highest BCUT2D eigenvalue weighted by Gasteiger charge is 2.57. The molecule has 8 aromatic carbocycles. The molecular weight excluding hydrogens is 1800 g/mol. The summed E-state index contributed by atoms with van der Waals surface area (Å²) < 4.78 is 150. The number of hydrogen-bond donors (Lipinski definition) is 2. The molecule has 744 valence electrons. The van der Waals surface area contributed by atoms with Gasteiger partial charge in [0.2, 0.25) is 12.6 Å². The summed E-state index contributed by atoms with van der Waals surface area (Å²) in [5.41, 5.74) is 3.35. The van der Waals surface area contributed by atoms with Crippen LogP contribution >= 0.6 is 0 Å². The van der Waals surface area contributed by atoms with Crippen molar-refractivity contribution in [1.82, 2.24) is 4.31 Å². The van der Waals surface area contributed by atoms with Crippen LogP contribution in [0.2, 0.25) is 0 Å². The third-order valence-corrected chi connectivity index (χ3v) is 36.3. The van der Waals surface area contributed by atoms with E-state index in [0.717, 1.165) is 114 Å². The number of rotatable bonds is 31. The average molecular weight is 1950 g/mol. The highest BCUT2D eigenvalue weighted by molar-refractivity contribution is 8.06. The molecular formula is C110H151F5NO15S4+. The molecule has 4 atom stereocenters. The predicted octanol–water partition coefficient (Wildman–Crippen LogP) is 28.1. The number of ether oxygens (including phenoxy) is 6. The van der Waals surface area contributed by atoms with Gasteiger partial charge in [0, 0.05) is 44.7 Å². The molecule has 0 spiro atoms. The topological polar surface area (TPSA) is 225 Å². The number of aromatic hydroxyl groups is 2. The van der Waals surface area contributed by atoms with Gasteiger partial charge in [-0.15, -0.1) is 0 Å². The maximum atomic E-state index is 13.4. The maximum Gasteiger partial charge on any atom is 0.447 e. The number of sulfonamides is 1. The Morgan fingerprint density at radius 3 is 1.26 bits per heavy atom. The number of carbonyl (C=O) groups excluding carboxylic acids is 2. The number of aryl methyl sites for hydroxylation is 1. The SMILES string of the molecule is CCC(C)(C)C(=O)OC(CC12CC3CC(CC(C3)C1)C2)OC.CCC(C)(C)C(=O)OC(OCCC1CCCCC1)C1CCCCC1.CCC(C)(C)C1CCN(S(=O)(=O)C(F)(F)S(=O)(=O)[O-])CC1.CCC(C)c1ccc(O)cc1.CCC(C)c1ccc(O)cc1.COc1cccc([S+](c2cccc(C)c2)c2cccc(OC)c2)c1.Fc1ccc([S+](c2ccc(F)cc2)c2ccc(F)cc2)cc1. The summed E-state index contributed by atoms with van der Waals surface area (Å²) in [5.74, 6) is 6.60. The summed E-state index contributed by atoms with van der Waals surface area (Å²) in [6.45, 7) is 29.1. The number of piperidine rings is 1. The van der Waals surface area contributed by atoms with Crippen LogP contribution in [-0.2, 0) is 70.5 Å². The molecule has 1 saturated heterocycles. The van der Waals surface area contributed by atoms with Crippen LogP contribution in [-0.4, -0.2) is 106 Å². The third kappa shape index (κ3) is 33.4. The summed E-state index contributed by atoms with van der Waals surface area (Å²) in [6, 6.07) is 58.7. The number of hydrogen-bond acceptors (Lipinski definition) is 15. The van der Waals surface area contributed by atoms with E-state index in [9.17, 15) is 52.9 Å². The van der Waals surface area contributed by atoms with Crippen LogP contribution in [0.25, 0.3) is 0 Å². The molecule has 6 aliphatic carbocycles. The predicted molar refractivity (Wildman–Crippen MR) is 530 cm³/mol. The lowest BCUT2D eigenvalue weighted by atomic mass is 9.49. The van der Waals surface area contributed by atoms with Crippen molar-refractivity contribution in [2.75, 3.05) is 41.0 Å². The summed E-state index contributed by atoms with van der Waals surface area (Å²) >= 11 is 0. The minimum Gasteiger partial charge on any atom is -0.742 e. The zero-order valence-electron chi connectivity index (χ0n) is 82.7. The number of phenolic OH excluding ortho intramolecular Hbond substituents is 2. The largest absolute Gasteiger partial charge is 0.742 e. The van der Waals surface area contributed by atoms with Gasteiger partial charge in [0.15, 0.2) is 39.5 Å². The molecule has 25 heteroatoms. The van der Waals surface area contributed by atoms with Crippen LogP contribution in [0.1, 0.15) is 279 Å². The van der Waals surface area contributed by atoms with Gasteiger partial charge >= 0.3 is 16.5 Å². The number of esters is 2. The van der Waals surface area contributed by atoms with Gasteiger partial charge in [0.1, 0.15) is 40.4 Å². The fourth-order valence-electron chi connectivity index (χ4n) is 18.6. The lowest BCUT2D eigenvalue weighted by molar-refractivity contribution is -0.204. The first-order valence-corrected chi connectivity index (χ1v) is 53.8. The molecule has 7 fully saturated rings. The molecule has 1 aliphatic heterocycles. The van der Waals surface area contributed by atoms with Gasteiger partial charge in [-0.25, -0.2) is 30.0 Å². The molecule has 4 unspecified atom stereocenters. The van der Waals surface area contributed by atoms with Crippen LogP contribution in [0, 0.1) is 81.5 Å². The van der Waals surface area contributed by atoms with E-state index in [1.54, 1.807) is 82.0 Å². The molecule has 1 heterocycles. The molecule has 0 aromatic heterocycles. The molecule has 7 aliphatic rings. The van der Waals surface area contributed by atoms with Crippen molar-refractivity contribution >= 4 is 53.9 Å². The zero-order chi connectivity index (χ0) is 99.1. The van der Waals surface area contributed by atoms with Crippen molar-refractivity contribution in [1.29, 1.82) is 0 Å². The summed E-state index contributed by atoms with van der Waals surface area (Å²) in [5, 5.41) is 18.0. The van der Waals surface area contributed by atoms with E-state index in [1.165, 1.54) is 158 Å². The zero-order valence-corrected chi connectivity index (χ0v) is 86.0. The van der Waals surface area contributed by atoms with Gasteiger partial charge in [0.05, 0.1) is 53.4 Å². The van der Waals surface area contributed by atoms with Crippen LogP contribution in [0.4, 0.5) is 22.0 Å². The Bertz CT molecular complexity index is 4880. The second-order valence-corrected chi connectivity index (χ2v) is 47.1. The highest BCUT2D eigenvalue weighted by Crippen LogP contribution is 2.62. The van der Waals surface area contributed by atoms with E-state index < -0.39 is 46.5 Å². The molecule has 2 N–H and O–H groups in total. The smallest absolute Gasteiger partial charge is 0.447 e. The van der Waals surface area contributed by atoms with E-state index in [2.05, 4.69) is 83.1 Å².